The van der Waals surface area contributed by atoms with E-state index in [-0.39, 0.29) is 22.5 Å². The molecule has 0 bridgehead atoms. The predicted molar refractivity (Wildman–Crippen MR) is 88.5 cm³/mol. The zero-order valence-corrected chi connectivity index (χ0v) is 12.7. The van der Waals surface area contributed by atoms with Gasteiger partial charge in [0.1, 0.15) is 5.57 Å². The fraction of sp³-hybridized carbons (Fsp3) is 0. The van der Waals surface area contributed by atoms with E-state index in [0.29, 0.717) is 0 Å². The Kier molecular flexibility index (Phi) is 4.09. The highest BCUT2D eigenvalue weighted by molar-refractivity contribution is 6.39. The third kappa shape index (κ3) is 3.00. The molecular weight excluding hydrogens is 326 g/mol. The molecule has 4 amide bonds. The van der Waals surface area contributed by atoms with Crippen LogP contribution in [0.1, 0.15) is 5.56 Å². The molecule has 0 radical (unpaired) electrons. The van der Waals surface area contributed by atoms with Crippen molar-refractivity contribution >= 4 is 35.3 Å². The maximum absolute atomic E-state index is 12.6. The lowest BCUT2D eigenvalue weighted by molar-refractivity contribution is -0.385. The molecule has 0 atom stereocenters. The number of urea groups is 1. The summed E-state index contributed by atoms with van der Waals surface area (Å²) in [7, 11) is 0. The minimum atomic E-state index is -0.902. The SMILES string of the molecule is O=C1NC(=O)N(c2ccccc2)C(=O)/C1=C\c1ccccc1[N+](=O)[O-]. The van der Waals surface area contributed by atoms with Gasteiger partial charge in [0.15, 0.2) is 0 Å². The number of amides is 4. The maximum atomic E-state index is 12.6. The lowest BCUT2D eigenvalue weighted by Gasteiger charge is -2.26. The molecule has 1 fully saturated rings. The zero-order chi connectivity index (χ0) is 18.0. The predicted octanol–water partition coefficient (Wildman–Crippen LogP) is 2.26. The van der Waals surface area contributed by atoms with Gasteiger partial charge in [-0.3, -0.25) is 25.0 Å². The van der Waals surface area contributed by atoms with E-state index < -0.39 is 22.8 Å². The number of carbonyl (C=O) groups is 3. The van der Waals surface area contributed by atoms with Crippen LogP contribution >= 0.6 is 0 Å². The Balaban J connectivity index is 2.07. The first-order chi connectivity index (χ1) is 12.0. The summed E-state index contributed by atoms with van der Waals surface area (Å²) in [6.45, 7) is 0. The molecule has 0 spiro atoms. The van der Waals surface area contributed by atoms with Crippen molar-refractivity contribution in [3.8, 4) is 0 Å². The molecule has 1 saturated heterocycles. The van der Waals surface area contributed by atoms with Gasteiger partial charge in [-0.15, -0.1) is 0 Å². The molecule has 8 heteroatoms. The van der Waals surface area contributed by atoms with E-state index in [1.165, 1.54) is 30.3 Å². The first-order valence-electron chi connectivity index (χ1n) is 7.19. The van der Waals surface area contributed by atoms with Crippen molar-refractivity contribution in [2.24, 2.45) is 0 Å². The highest BCUT2D eigenvalue weighted by atomic mass is 16.6. The van der Waals surface area contributed by atoms with Crippen LogP contribution in [0.15, 0.2) is 60.2 Å². The number of anilines is 1. The quantitative estimate of drug-likeness (QED) is 0.400. The van der Waals surface area contributed by atoms with Gasteiger partial charge < -0.3 is 0 Å². The van der Waals surface area contributed by atoms with Crippen molar-refractivity contribution in [2.75, 3.05) is 4.90 Å². The summed E-state index contributed by atoms with van der Waals surface area (Å²) in [5.74, 6) is -1.75. The van der Waals surface area contributed by atoms with Gasteiger partial charge in [0.2, 0.25) is 0 Å². The average molecular weight is 337 g/mol. The van der Waals surface area contributed by atoms with Gasteiger partial charge in [-0.1, -0.05) is 30.3 Å². The molecule has 124 valence electrons. The Morgan fingerprint density at radius 3 is 2.28 bits per heavy atom. The molecule has 1 aliphatic rings. The minimum absolute atomic E-state index is 0.0911. The Labute approximate surface area is 141 Å². The molecule has 25 heavy (non-hydrogen) atoms. The normalized spacial score (nSPS) is 16.1. The van der Waals surface area contributed by atoms with Crippen LogP contribution in [-0.4, -0.2) is 22.8 Å². The van der Waals surface area contributed by atoms with E-state index in [9.17, 15) is 24.5 Å². The van der Waals surface area contributed by atoms with Crippen LogP contribution in [0, 0.1) is 10.1 Å². The zero-order valence-electron chi connectivity index (χ0n) is 12.7. The van der Waals surface area contributed by atoms with Gasteiger partial charge >= 0.3 is 6.03 Å². The monoisotopic (exact) mass is 337 g/mol. The van der Waals surface area contributed by atoms with E-state index in [1.807, 2.05) is 0 Å². The summed E-state index contributed by atoms with van der Waals surface area (Å²) in [5, 5.41) is 13.2. The Morgan fingerprint density at radius 1 is 0.960 bits per heavy atom. The number of carbonyl (C=O) groups excluding carboxylic acids is 3. The number of barbiturate groups is 1. The lowest BCUT2D eigenvalue weighted by atomic mass is 10.1. The summed E-state index contributed by atoms with van der Waals surface area (Å²) in [5.41, 5.74) is -0.240. The van der Waals surface area contributed by atoms with Crippen molar-refractivity contribution in [1.82, 2.24) is 5.32 Å². The lowest BCUT2D eigenvalue weighted by Crippen LogP contribution is -2.54. The number of rotatable bonds is 3. The summed E-state index contributed by atoms with van der Waals surface area (Å²) in [6, 6.07) is 12.9. The third-order valence-corrected chi connectivity index (χ3v) is 3.55. The van der Waals surface area contributed by atoms with Gasteiger partial charge in [-0.05, 0) is 24.3 Å². The summed E-state index contributed by atoms with van der Waals surface area (Å²) < 4.78 is 0. The number of benzene rings is 2. The Morgan fingerprint density at radius 2 is 1.60 bits per heavy atom. The standard InChI is InChI=1S/C17H11N3O5/c21-15-13(10-11-6-4-5-9-14(11)20(24)25)16(22)19(17(23)18-15)12-7-2-1-3-8-12/h1-10H,(H,18,21,23)/b13-10-. The molecule has 0 saturated carbocycles. The van der Waals surface area contributed by atoms with Crippen molar-refractivity contribution in [3.05, 3.63) is 75.8 Å². The van der Waals surface area contributed by atoms with Crippen LogP contribution in [0.2, 0.25) is 0 Å². The summed E-state index contributed by atoms with van der Waals surface area (Å²) in [6.07, 6.45) is 1.11. The second kappa shape index (κ2) is 6.36. The minimum Gasteiger partial charge on any atom is -0.273 e. The van der Waals surface area contributed by atoms with Gasteiger partial charge in [-0.25, -0.2) is 9.69 Å². The highest BCUT2D eigenvalue weighted by Crippen LogP contribution is 2.24. The first kappa shape index (κ1) is 16.1. The molecule has 2 aromatic carbocycles. The number of hydrogen-bond donors (Lipinski definition) is 1. The van der Waals surface area contributed by atoms with Crippen molar-refractivity contribution < 1.29 is 19.3 Å². The Bertz CT molecular complexity index is 921. The van der Waals surface area contributed by atoms with Crippen molar-refractivity contribution in [3.63, 3.8) is 0 Å². The molecular formula is C17H11N3O5. The third-order valence-electron chi connectivity index (χ3n) is 3.55. The molecule has 0 aromatic heterocycles. The molecule has 8 nitrogen and oxygen atoms in total. The van der Waals surface area contributed by atoms with Gasteiger partial charge in [-0.2, -0.15) is 0 Å². The fourth-order valence-corrected chi connectivity index (χ4v) is 2.40. The average Bonchev–Trinajstić information content (AvgIpc) is 2.59. The number of nitro benzene ring substituents is 1. The largest absolute Gasteiger partial charge is 0.335 e. The number of hydrogen-bond acceptors (Lipinski definition) is 5. The van der Waals surface area contributed by atoms with Crippen LogP contribution in [-0.2, 0) is 9.59 Å². The van der Waals surface area contributed by atoms with Gasteiger partial charge in [0.25, 0.3) is 17.5 Å². The van der Waals surface area contributed by atoms with Crippen LogP contribution in [0.4, 0.5) is 16.2 Å². The molecule has 0 unspecified atom stereocenters. The molecule has 1 heterocycles. The second-order valence-electron chi connectivity index (χ2n) is 5.11. The number of para-hydroxylation sites is 2. The summed E-state index contributed by atoms with van der Waals surface area (Å²) >= 11 is 0. The van der Waals surface area contributed by atoms with E-state index in [2.05, 4.69) is 5.32 Å². The van der Waals surface area contributed by atoms with Crippen LogP contribution < -0.4 is 10.2 Å². The number of imide groups is 2. The number of nitro groups is 1. The van der Waals surface area contributed by atoms with E-state index in [1.54, 1.807) is 24.3 Å². The molecule has 2 aromatic rings. The molecule has 1 aliphatic heterocycles. The van der Waals surface area contributed by atoms with E-state index in [4.69, 9.17) is 0 Å². The fourth-order valence-electron chi connectivity index (χ4n) is 2.40. The van der Waals surface area contributed by atoms with Crippen molar-refractivity contribution in [1.29, 1.82) is 0 Å². The number of nitrogens with zero attached hydrogens (tertiary/aromatic N) is 2. The smallest absolute Gasteiger partial charge is 0.273 e. The topological polar surface area (TPSA) is 110 Å². The second-order valence-corrected chi connectivity index (χ2v) is 5.11. The maximum Gasteiger partial charge on any atom is 0.335 e. The van der Waals surface area contributed by atoms with Gasteiger partial charge in [0, 0.05) is 6.07 Å². The molecule has 3 rings (SSSR count). The van der Waals surface area contributed by atoms with Crippen molar-refractivity contribution in [2.45, 2.75) is 0 Å². The van der Waals surface area contributed by atoms with Crippen LogP contribution in [0.5, 0.6) is 0 Å². The van der Waals surface area contributed by atoms with Gasteiger partial charge in [0.05, 0.1) is 16.2 Å². The first-order valence-corrected chi connectivity index (χ1v) is 7.19. The Hall–Kier alpha value is -3.81. The molecule has 1 N–H and O–H groups in total. The van der Waals surface area contributed by atoms with Crippen LogP contribution in [0.25, 0.3) is 6.08 Å². The van der Waals surface area contributed by atoms with E-state index in [0.717, 1.165) is 11.0 Å². The number of nitrogens with one attached hydrogen (secondary N) is 1. The molecule has 0 aliphatic carbocycles. The van der Waals surface area contributed by atoms with E-state index >= 15 is 0 Å². The van der Waals surface area contributed by atoms with Crippen LogP contribution in [0.3, 0.4) is 0 Å². The summed E-state index contributed by atoms with van der Waals surface area (Å²) in [4.78, 5) is 48.0. The highest BCUT2D eigenvalue weighted by Gasteiger charge is 2.37.